The van der Waals surface area contributed by atoms with Crippen molar-refractivity contribution in [2.75, 3.05) is 7.05 Å². The van der Waals surface area contributed by atoms with Crippen LogP contribution in [0.3, 0.4) is 0 Å². The molecule has 0 saturated heterocycles. The van der Waals surface area contributed by atoms with Crippen LogP contribution < -0.4 is 5.73 Å². The van der Waals surface area contributed by atoms with Gasteiger partial charge in [-0.25, -0.2) is 4.68 Å². The number of nitrogens with two attached hydrogens (primary N) is 1. The number of amides is 1. The van der Waals surface area contributed by atoms with Crippen molar-refractivity contribution >= 4 is 5.91 Å². The maximum Gasteiger partial charge on any atom is 0.242 e. The van der Waals surface area contributed by atoms with Gasteiger partial charge in [-0.1, -0.05) is 31.0 Å². The highest BCUT2D eigenvalue weighted by Crippen LogP contribution is 2.29. The molecule has 1 aromatic heterocycles. The molecule has 1 aromatic carbocycles. The van der Waals surface area contributed by atoms with Crippen LogP contribution in [-0.4, -0.2) is 33.2 Å². The molecule has 3 rings (SSSR count). The van der Waals surface area contributed by atoms with Crippen LogP contribution >= 0.6 is 0 Å². The Morgan fingerprint density at radius 3 is 2.52 bits per heavy atom. The molecule has 0 aliphatic heterocycles. The lowest BCUT2D eigenvalue weighted by Gasteiger charge is -2.28. The first-order valence-electron chi connectivity index (χ1n) is 8.99. The van der Waals surface area contributed by atoms with Gasteiger partial charge >= 0.3 is 0 Å². The zero-order chi connectivity index (χ0) is 18.2. The Morgan fingerprint density at radius 2 is 1.88 bits per heavy atom. The Bertz CT molecular complexity index is 787. The van der Waals surface area contributed by atoms with Gasteiger partial charge in [0.1, 0.15) is 0 Å². The molecule has 1 aliphatic rings. The molecule has 1 fully saturated rings. The van der Waals surface area contributed by atoms with Crippen molar-refractivity contribution in [1.82, 2.24) is 14.7 Å². The number of carbonyl (C=O) groups is 1. The van der Waals surface area contributed by atoms with E-state index >= 15 is 0 Å². The van der Waals surface area contributed by atoms with Crippen molar-refractivity contribution in [2.24, 2.45) is 5.73 Å². The molecule has 2 aromatic rings. The van der Waals surface area contributed by atoms with Gasteiger partial charge < -0.3 is 10.6 Å². The van der Waals surface area contributed by atoms with E-state index < -0.39 is 5.54 Å². The largest absolute Gasteiger partial charge is 0.340 e. The van der Waals surface area contributed by atoms with Crippen LogP contribution in [0, 0.1) is 20.8 Å². The van der Waals surface area contributed by atoms with Crippen LogP contribution in [0.15, 0.2) is 24.3 Å². The van der Waals surface area contributed by atoms with Crippen LogP contribution in [-0.2, 0) is 11.3 Å². The minimum Gasteiger partial charge on any atom is -0.340 e. The highest BCUT2D eigenvalue weighted by molar-refractivity contribution is 5.86. The molecule has 0 atom stereocenters. The molecule has 0 radical (unpaired) electrons. The fraction of sp³-hybridized carbons (Fsp3) is 0.500. The molecular weight excluding hydrogens is 312 g/mol. The summed E-state index contributed by atoms with van der Waals surface area (Å²) in [6, 6.07) is 8.20. The third-order valence-corrected chi connectivity index (χ3v) is 5.45. The fourth-order valence-electron chi connectivity index (χ4n) is 3.85. The summed E-state index contributed by atoms with van der Waals surface area (Å²) in [7, 11) is 1.85. The van der Waals surface area contributed by atoms with Crippen molar-refractivity contribution in [3.05, 3.63) is 46.8 Å². The molecule has 1 heterocycles. The fourth-order valence-corrected chi connectivity index (χ4v) is 3.85. The molecule has 5 heteroatoms. The Hall–Kier alpha value is -2.14. The second-order valence-corrected chi connectivity index (χ2v) is 7.37. The lowest BCUT2D eigenvalue weighted by Crippen LogP contribution is -2.52. The lowest BCUT2D eigenvalue weighted by atomic mass is 9.97. The van der Waals surface area contributed by atoms with Crippen molar-refractivity contribution in [1.29, 1.82) is 0 Å². The summed E-state index contributed by atoms with van der Waals surface area (Å²) in [6.07, 6.45) is 3.66. The zero-order valence-electron chi connectivity index (χ0n) is 15.7. The van der Waals surface area contributed by atoms with Crippen LogP contribution in [0.2, 0.25) is 0 Å². The van der Waals surface area contributed by atoms with Gasteiger partial charge in [-0.2, -0.15) is 5.10 Å². The van der Waals surface area contributed by atoms with Crippen molar-refractivity contribution in [3.63, 3.8) is 0 Å². The molecular formula is C20H28N4O. The first-order valence-corrected chi connectivity index (χ1v) is 8.99. The van der Waals surface area contributed by atoms with Gasteiger partial charge in [-0.3, -0.25) is 4.79 Å². The van der Waals surface area contributed by atoms with Crippen molar-refractivity contribution < 1.29 is 4.79 Å². The quantitative estimate of drug-likeness (QED) is 0.930. The van der Waals surface area contributed by atoms with E-state index in [9.17, 15) is 4.79 Å². The van der Waals surface area contributed by atoms with Gasteiger partial charge in [-0.15, -0.1) is 0 Å². The molecule has 134 valence electrons. The van der Waals surface area contributed by atoms with Crippen molar-refractivity contribution in [3.8, 4) is 5.69 Å². The number of nitrogens with zero attached hydrogens (tertiary/aromatic N) is 3. The first kappa shape index (κ1) is 17.7. The van der Waals surface area contributed by atoms with Crippen LogP contribution in [0.4, 0.5) is 0 Å². The number of rotatable bonds is 4. The molecule has 1 saturated carbocycles. The summed E-state index contributed by atoms with van der Waals surface area (Å²) in [5.74, 6) is 0.0486. The number of aryl methyl sites for hydroxylation is 2. The summed E-state index contributed by atoms with van der Waals surface area (Å²) in [5.41, 5.74) is 11.0. The minimum absolute atomic E-state index is 0.0486. The van der Waals surface area contributed by atoms with E-state index in [1.54, 1.807) is 4.90 Å². The van der Waals surface area contributed by atoms with E-state index in [1.807, 2.05) is 30.8 Å². The first-order chi connectivity index (χ1) is 11.8. The molecule has 5 nitrogen and oxygen atoms in total. The Balaban J connectivity index is 1.86. The molecule has 0 unspecified atom stereocenters. The predicted molar refractivity (Wildman–Crippen MR) is 99.6 cm³/mol. The van der Waals surface area contributed by atoms with Crippen LogP contribution in [0.5, 0.6) is 0 Å². The maximum atomic E-state index is 12.8. The molecule has 2 N–H and O–H groups in total. The summed E-state index contributed by atoms with van der Waals surface area (Å²) in [6.45, 7) is 6.69. The number of hydrogen-bond donors (Lipinski definition) is 1. The SMILES string of the molecule is Cc1ccccc1-n1nc(C)c(CN(C)C(=O)C2(N)CCCC2)c1C. The van der Waals surface area contributed by atoms with E-state index in [2.05, 4.69) is 26.0 Å². The van der Waals surface area contributed by atoms with E-state index in [-0.39, 0.29) is 5.91 Å². The van der Waals surface area contributed by atoms with Gasteiger partial charge in [0.05, 0.1) is 16.9 Å². The average molecular weight is 340 g/mol. The standard InChI is InChI=1S/C20H28N4O/c1-14-9-5-6-10-18(14)24-16(3)17(15(2)22-24)13-23(4)19(25)20(21)11-7-8-12-20/h5-6,9-10H,7-8,11-13,21H2,1-4H3. The van der Waals surface area contributed by atoms with Gasteiger partial charge in [0, 0.05) is 24.8 Å². The molecule has 0 spiro atoms. The zero-order valence-corrected chi connectivity index (χ0v) is 15.7. The van der Waals surface area contributed by atoms with Gasteiger partial charge in [-0.05, 0) is 45.2 Å². The minimum atomic E-state index is -0.678. The highest BCUT2D eigenvalue weighted by Gasteiger charge is 2.39. The Morgan fingerprint density at radius 1 is 1.24 bits per heavy atom. The van der Waals surface area contributed by atoms with Crippen LogP contribution in [0.1, 0.15) is 48.2 Å². The summed E-state index contributed by atoms with van der Waals surface area (Å²) in [5, 5.41) is 4.72. The lowest BCUT2D eigenvalue weighted by molar-refractivity contribution is -0.136. The van der Waals surface area contributed by atoms with E-state index in [1.165, 1.54) is 5.56 Å². The highest BCUT2D eigenvalue weighted by atomic mass is 16.2. The second kappa shape index (κ2) is 6.64. The smallest absolute Gasteiger partial charge is 0.242 e. The summed E-state index contributed by atoms with van der Waals surface area (Å²) >= 11 is 0. The summed E-state index contributed by atoms with van der Waals surface area (Å²) < 4.78 is 1.98. The number of para-hydroxylation sites is 1. The molecule has 1 aliphatic carbocycles. The predicted octanol–water partition coefficient (Wildman–Crippen LogP) is 3.03. The summed E-state index contributed by atoms with van der Waals surface area (Å²) in [4.78, 5) is 14.6. The number of aromatic nitrogens is 2. The molecule has 25 heavy (non-hydrogen) atoms. The Kier molecular flexibility index (Phi) is 4.69. The third kappa shape index (κ3) is 3.21. The van der Waals surface area contributed by atoms with E-state index in [0.29, 0.717) is 6.54 Å². The number of likely N-dealkylation sites (N-methyl/N-ethyl adjacent to an activating group) is 1. The molecule has 1 amide bonds. The average Bonchev–Trinajstić information content (AvgIpc) is 3.14. The van der Waals surface area contributed by atoms with Crippen molar-refractivity contribution in [2.45, 2.75) is 58.5 Å². The monoisotopic (exact) mass is 340 g/mol. The van der Waals surface area contributed by atoms with E-state index in [0.717, 1.165) is 48.3 Å². The third-order valence-electron chi connectivity index (χ3n) is 5.45. The number of benzene rings is 1. The number of carbonyl (C=O) groups excluding carboxylic acids is 1. The topological polar surface area (TPSA) is 64.2 Å². The molecule has 0 bridgehead atoms. The Labute approximate surface area is 149 Å². The maximum absolute atomic E-state index is 12.8. The van der Waals surface area contributed by atoms with Crippen LogP contribution in [0.25, 0.3) is 5.69 Å². The van der Waals surface area contributed by atoms with Gasteiger partial charge in [0.15, 0.2) is 0 Å². The second-order valence-electron chi connectivity index (χ2n) is 7.37. The van der Waals surface area contributed by atoms with Gasteiger partial charge in [0.25, 0.3) is 0 Å². The van der Waals surface area contributed by atoms with E-state index in [4.69, 9.17) is 10.8 Å². The normalized spacial score (nSPS) is 16.2. The van der Waals surface area contributed by atoms with Gasteiger partial charge in [0.2, 0.25) is 5.91 Å². The number of hydrogen-bond acceptors (Lipinski definition) is 3.